The van der Waals surface area contributed by atoms with Crippen LogP contribution in [0.5, 0.6) is 0 Å². The minimum Gasteiger partial charge on any atom is -0.481 e. The molecule has 10 atom stereocenters. The molecule has 0 aliphatic heterocycles. The zero-order valence-electron chi connectivity index (χ0n) is 19.6. The van der Waals surface area contributed by atoms with Crippen molar-refractivity contribution in [1.82, 2.24) is 0 Å². The monoisotopic (exact) mass is 472 g/mol. The first-order valence-electron chi connectivity index (χ1n) is 12.4. The first kappa shape index (κ1) is 24.4. The fourth-order valence-corrected chi connectivity index (χ4v) is 9.49. The third kappa shape index (κ3) is 4.25. The van der Waals surface area contributed by atoms with Crippen LogP contribution in [0.3, 0.4) is 0 Å². The van der Waals surface area contributed by atoms with Crippen molar-refractivity contribution in [1.29, 1.82) is 0 Å². The molecule has 4 rings (SSSR count). The maximum atomic E-state index is 11.4. The number of rotatable bonds is 6. The van der Waals surface area contributed by atoms with E-state index in [9.17, 15) is 18.3 Å². The Bertz CT molecular complexity index is 828. The van der Waals surface area contributed by atoms with Crippen LogP contribution in [0.15, 0.2) is 0 Å². The molecule has 32 heavy (non-hydrogen) atoms. The van der Waals surface area contributed by atoms with Crippen LogP contribution in [-0.2, 0) is 19.4 Å². The number of aliphatic hydroxyl groups excluding tert-OH is 1. The molecule has 8 heteroatoms. The quantitative estimate of drug-likeness (QED) is 0.493. The van der Waals surface area contributed by atoms with E-state index in [1.54, 1.807) is 0 Å². The third-order valence-corrected chi connectivity index (χ3v) is 11.0. The first-order chi connectivity index (χ1) is 14.8. The van der Waals surface area contributed by atoms with Crippen LogP contribution in [-0.4, -0.2) is 41.4 Å². The summed E-state index contributed by atoms with van der Waals surface area (Å²) in [5.41, 5.74) is 0.200. The van der Waals surface area contributed by atoms with Gasteiger partial charge in [0.1, 0.15) is 0 Å². The summed E-state index contributed by atoms with van der Waals surface area (Å²) in [6, 6.07) is 0. The lowest BCUT2D eigenvalue weighted by Gasteiger charge is -2.62. The Morgan fingerprint density at radius 2 is 1.72 bits per heavy atom. The number of aliphatic hydroxyl groups is 1. The number of hydrogen-bond acceptors (Lipinski definition) is 5. The van der Waals surface area contributed by atoms with Gasteiger partial charge in [0, 0.05) is 6.42 Å². The average Bonchev–Trinajstić information content (AvgIpc) is 3.03. The van der Waals surface area contributed by atoms with Gasteiger partial charge in [0.15, 0.2) is 0 Å². The molecule has 0 heterocycles. The Morgan fingerprint density at radius 1 is 1.06 bits per heavy atom. The van der Waals surface area contributed by atoms with Gasteiger partial charge in [-0.25, -0.2) is 4.18 Å². The zero-order valence-corrected chi connectivity index (χ0v) is 20.4. The second-order valence-electron chi connectivity index (χ2n) is 11.9. The fourth-order valence-electron chi connectivity index (χ4n) is 8.97. The molecule has 0 aromatic carbocycles. The van der Waals surface area contributed by atoms with Gasteiger partial charge in [-0.1, -0.05) is 20.8 Å². The molecule has 0 amide bonds. The van der Waals surface area contributed by atoms with E-state index in [0.29, 0.717) is 49.4 Å². The van der Waals surface area contributed by atoms with Crippen molar-refractivity contribution in [2.24, 2.45) is 46.3 Å². The first-order valence-corrected chi connectivity index (χ1v) is 13.8. The molecule has 0 bridgehead atoms. The van der Waals surface area contributed by atoms with E-state index >= 15 is 0 Å². The van der Waals surface area contributed by atoms with Gasteiger partial charge in [0.25, 0.3) is 0 Å². The van der Waals surface area contributed by atoms with Crippen LogP contribution in [0, 0.1) is 46.3 Å². The highest BCUT2D eigenvalue weighted by Crippen LogP contribution is 2.68. The highest BCUT2D eigenvalue weighted by Gasteiger charge is 2.63. The summed E-state index contributed by atoms with van der Waals surface area (Å²) in [6.07, 6.45) is 7.11. The Balaban J connectivity index is 1.52. The van der Waals surface area contributed by atoms with Crippen LogP contribution in [0.4, 0.5) is 0 Å². The van der Waals surface area contributed by atoms with Crippen LogP contribution >= 0.6 is 0 Å². The number of fused-ring (bicyclic) bond motifs is 5. The summed E-state index contributed by atoms with van der Waals surface area (Å²) < 4.78 is 36.4. The molecule has 0 radical (unpaired) electrons. The molecule has 0 spiro atoms. The van der Waals surface area contributed by atoms with Crippen LogP contribution in [0.25, 0.3) is 0 Å². The van der Waals surface area contributed by atoms with E-state index in [-0.39, 0.29) is 29.1 Å². The highest BCUT2D eigenvalue weighted by molar-refractivity contribution is 7.80. The topological polar surface area (TPSA) is 121 Å². The number of carboxylic acids is 1. The summed E-state index contributed by atoms with van der Waals surface area (Å²) in [4.78, 5) is 11.1. The number of aliphatic carboxylic acids is 1. The van der Waals surface area contributed by atoms with Crippen molar-refractivity contribution >= 4 is 16.4 Å². The molecule has 2 unspecified atom stereocenters. The van der Waals surface area contributed by atoms with E-state index in [1.165, 1.54) is 0 Å². The average molecular weight is 473 g/mol. The van der Waals surface area contributed by atoms with Crippen molar-refractivity contribution in [2.75, 3.05) is 0 Å². The molecule has 4 aliphatic rings. The number of carboxylic acid groups (broad SMARTS) is 1. The second-order valence-corrected chi connectivity index (χ2v) is 12.9. The van der Waals surface area contributed by atoms with Gasteiger partial charge in [-0.3, -0.25) is 9.35 Å². The van der Waals surface area contributed by atoms with E-state index in [2.05, 4.69) is 20.8 Å². The molecule has 4 fully saturated rings. The van der Waals surface area contributed by atoms with E-state index in [0.717, 1.165) is 32.1 Å². The van der Waals surface area contributed by atoms with Gasteiger partial charge in [-0.15, -0.1) is 0 Å². The standard InChI is InChI=1S/C24H40O7S/c1-14(4-7-21(26)27)17-5-6-18-22-19(9-11-24(17,18)3)23(2)10-8-16(31-32(28,29)30)12-15(23)13-20(22)25/h14-20,22,25H,4-13H2,1-3H3,(H,26,27)(H,28,29,30)/t14-,15+,16-,17-,18+,19+,20?,22?,23+,24-/m1/s1. The van der Waals surface area contributed by atoms with Gasteiger partial charge in [-0.05, 0) is 104 Å². The molecule has 0 aromatic heterocycles. The molecule has 7 nitrogen and oxygen atoms in total. The van der Waals surface area contributed by atoms with Crippen molar-refractivity contribution in [3.05, 3.63) is 0 Å². The predicted octanol–water partition coefficient (Wildman–Crippen LogP) is 4.31. The van der Waals surface area contributed by atoms with Crippen molar-refractivity contribution in [3.8, 4) is 0 Å². The van der Waals surface area contributed by atoms with Gasteiger partial charge >= 0.3 is 16.4 Å². The Kier molecular flexibility index (Phi) is 6.49. The van der Waals surface area contributed by atoms with Gasteiger partial charge in [0.05, 0.1) is 12.2 Å². The second kappa shape index (κ2) is 8.51. The minimum atomic E-state index is -4.46. The van der Waals surface area contributed by atoms with E-state index < -0.39 is 28.6 Å². The van der Waals surface area contributed by atoms with E-state index in [1.807, 2.05) is 0 Å². The molecular weight excluding hydrogens is 432 g/mol. The lowest BCUT2D eigenvalue weighted by Crippen LogP contribution is -2.58. The molecule has 0 saturated heterocycles. The number of carbonyl (C=O) groups is 1. The summed E-state index contributed by atoms with van der Waals surface area (Å²) in [7, 11) is -4.46. The SMILES string of the molecule is C[C@H](CCC(=O)O)[C@H]1CC[C@H]2C3C(O)C[C@@H]4C[C@H](OS(=O)(=O)O)CC[C@]4(C)[C@H]3CC[C@]12C. The summed E-state index contributed by atoms with van der Waals surface area (Å²) >= 11 is 0. The van der Waals surface area contributed by atoms with Crippen molar-refractivity contribution < 1.29 is 32.2 Å². The summed E-state index contributed by atoms with van der Waals surface area (Å²) in [5.74, 6) is 1.46. The van der Waals surface area contributed by atoms with Crippen LogP contribution in [0.2, 0.25) is 0 Å². The summed E-state index contributed by atoms with van der Waals surface area (Å²) in [6.45, 7) is 6.93. The maximum Gasteiger partial charge on any atom is 0.397 e. The normalized spacial score (nSPS) is 47.2. The molecule has 4 saturated carbocycles. The van der Waals surface area contributed by atoms with Crippen LogP contribution < -0.4 is 0 Å². The number of hydrogen-bond donors (Lipinski definition) is 3. The highest BCUT2D eigenvalue weighted by atomic mass is 32.3. The lowest BCUT2D eigenvalue weighted by molar-refractivity contribution is -0.172. The van der Waals surface area contributed by atoms with Gasteiger partial charge in [-0.2, -0.15) is 8.42 Å². The smallest absolute Gasteiger partial charge is 0.397 e. The maximum absolute atomic E-state index is 11.4. The predicted molar refractivity (Wildman–Crippen MR) is 119 cm³/mol. The Labute approximate surface area is 192 Å². The van der Waals surface area contributed by atoms with Crippen LogP contribution in [0.1, 0.15) is 85.0 Å². The van der Waals surface area contributed by atoms with E-state index in [4.69, 9.17) is 13.8 Å². The van der Waals surface area contributed by atoms with Gasteiger partial charge in [0.2, 0.25) is 0 Å². The minimum absolute atomic E-state index is 0.0529. The Morgan fingerprint density at radius 3 is 2.38 bits per heavy atom. The third-order valence-electron chi connectivity index (χ3n) is 10.5. The largest absolute Gasteiger partial charge is 0.481 e. The zero-order chi connectivity index (χ0) is 23.5. The molecular formula is C24H40O7S. The van der Waals surface area contributed by atoms with Gasteiger partial charge < -0.3 is 10.2 Å². The van der Waals surface area contributed by atoms with Crippen molar-refractivity contribution in [2.45, 2.75) is 97.2 Å². The van der Waals surface area contributed by atoms with Crippen molar-refractivity contribution in [3.63, 3.8) is 0 Å². The Hall–Kier alpha value is -0.700. The molecule has 184 valence electrons. The molecule has 0 aromatic rings. The molecule has 3 N–H and O–H groups in total. The lowest BCUT2D eigenvalue weighted by atomic mass is 9.43. The molecule has 4 aliphatic carbocycles. The summed E-state index contributed by atoms with van der Waals surface area (Å²) in [5, 5.41) is 20.5. The fraction of sp³-hybridized carbons (Fsp3) is 0.958.